The predicted molar refractivity (Wildman–Crippen MR) is 99.1 cm³/mol. The monoisotopic (exact) mass is 360 g/mol. The number of anilines is 1. The van der Waals surface area contributed by atoms with Gasteiger partial charge in [0.1, 0.15) is 11.2 Å². The van der Waals surface area contributed by atoms with E-state index in [1.165, 1.54) is 0 Å². The van der Waals surface area contributed by atoms with Gasteiger partial charge in [-0.2, -0.15) is 0 Å². The third-order valence-electron chi connectivity index (χ3n) is 4.43. The lowest BCUT2D eigenvalue weighted by Crippen LogP contribution is -2.37. The van der Waals surface area contributed by atoms with Crippen molar-refractivity contribution in [2.45, 2.75) is 0 Å². The quantitative estimate of drug-likeness (QED) is 0.551. The Balaban J connectivity index is 1.64. The Bertz CT molecular complexity index is 1080. The highest BCUT2D eigenvalue weighted by molar-refractivity contribution is 5.87. The number of morpholine rings is 1. The lowest BCUT2D eigenvalue weighted by molar-refractivity contribution is 0.122. The number of rotatable bonds is 3. The van der Waals surface area contributed by atoms with Gasteiger partial charge in [-0.1, -0.05) is 0 Å². The first-order valence-corrected chi connectivity index (χ1v) is 8.69. The number of aromatic nitrogens is 5. The van der Waals surface area contributed by atoms with E-state index in [9.17, 15) is 0 Å². The summed E-state index contributed by atoms with van der Waals surface area (Å²) in [6.45, 7) is 2.87. The molecular formula is C19H16N6O2. The van der Waals surface area contributed by atoms with Crippen LogP contribution >= 0.6 is 0 Å². The van der Waals surface area contributed by atoms with Crippen molar-refractivity contribution in [2.75, 3.05) is 31.2 Å². The van der Waals surface area contributed by atoms with Crippen molar-refractivity contribution in [2.24, 2.45) is 0 Å². The maximum Gasteiger partial charge on any atom is 0.182 e. The summed E-state index contributed by atoms with van der Waals surface area (Å²) >= 11 is 0. The first-order valence-electron chi connectivity index (χ1n) is 8.69. The minimum absolute atomic E-state index is 0.523. The molecule has 4 aromatic rings. The maximum atomic E-state index is 5.47. The fourth-order valence-corrected chi connectivity index (χ4v) is 3.08. The molecule has 1 fully saturated rings. The number of ether oxygens (including phenoxy) is 1. The largest absolute Gasteiger partial charge is 0.472 e. The Morgan fingerprint density at radius 1 is 0.963 bits per heavy atom. The van der Waals surface area contributed by atoms with Gasteiger partial charge in [0.15, 0.2) is 11.6 Å². The molecule has 0 atom stereocenters. The molecule has 0 bridgehead atoms. The third-order valence-corrected chi connectivity index (χ3v) is 4.43. The Morgan fingerprint density at radius 3 is 2.70 bits per heavy atom. The molecule has 0 N–H and O–H groups in total. The molecule has 8 heteroatoms. The topological polar surface area (TPSA) is 90.1 Å². The minimum Gasteiger partial charge on any atom is -0.472 e. The summed E-state index contributed by atoms with van der Waals surface area (Å²) in [6.07, 6.45) is 8.37. The second-order valence-corrected chi connectivity index (χ2v) is 6.14. The normalized spacial score (nSPS) is 14.6. The lowest BCUT2D eigenvalue weighted by atomic mass is 10.2. The SMILES string of the molecule is c1cnc2c(N3CCOCC3)nc(-c3cncc(-c4ccoc4)n3)nc2c1. The van der Waals surface area contributed by atoms with E-state index in [2.05, 4.69) is 24.8 Å². The van der Waals surface area contributed by atoms with Gasteiger partial charge >= 0.3 is 0 Å². The van der Waals surface area contributed by atoms with E-state index in [0.29, 0.717) is 30.4 Å². The van der Waals surface area contributed by atoms with Gasteiger partial charge in [-0.3, -0.25) is 9.97 Å². The molecular weight excluding hydrogens is 344 g/mol. The number of hydrogen-bond acceptors (Lipinski definition) is 8. The summed E-state index contributed by atoms with van der Waals surface area (Å²) in [5, 5.41) is 0. The lowest BCUT2D eigenvalue weighted by Gasteiger charge is -2.28. The number of fused-ring (bicyclic) bond motifs is 1. The van der Waals surface area contributed by atoms with Crippen molar-refractivity contribution in [3.63, 3.8) is 0 Å². The van der Waals surface area contributed by atoms with Crippen LogP contribution in [0.3, 0.4) is 0 Å². The van der Waals surface area contributed by atoms with E-state index in [0.717, 1.165) is 35.5 Å². The minimum atomic E-state index is 0.523. The van der Waals surface area contributed by atoms with Crippen molar-refractivity contribution >= 4 is 16.9 Å². The molecule has 1 aliphatic rings. The zero-order chi connectivity index (χ0) is 18.1. The molecule has 0 aromatic carbocycles. The van der Waals surface area contributed by atoms with Crippen molar-refractivity contribution in [1.82, 2.24) is 24.9 Å². The average molecular weight is 360 g/mol. The van der Waals surface area contributed by atoms with E-state index < -0.39 is 0 Å². The molecule has 5 heterocycles. The van der Waals surface area contributed by atoms with Crippen LogP contribution < -0.4 is 4.90 Å². The van der Waals surface area contributed by atoms with Crippen LogP contribution in [0.2, 0.25) is 0 Å². The number of nitrogens with zero attached hydrogens (tertiary/aromatic N) is 6. The molecule has 0 unspecified atom stereocenters. The fourth-order valence-electron chi connectivity index (χ4n) is 3.08. The molecule has 1 aliphatic heterocycles. The van der Waals surface area contributed by atoms with Crippen LogP contribution in [0, 0.1) is 0 Å². The van der Waals surface area contributed by atoms with Gasteiger partial charge in [-0.25, -0.2) is 15.0 Å². The third kappa shape index (κ3) is 3.00. The highest BCUT2D eigenvalue weighted by Crippen LogP contribution is 2.27. The molecule has 0 radical (unpaired) electrons. The molecule has 1 saturated heterocycles. The van der Waals surface area contributed by atoms with Crippen LogP contribution in [-0.2, 0) is 4.74 Å². The van der Waals surface area contributed by atoms with Gasteiger partial charge in [0, 0.05) is 24.8 Å². The molecule has 27 heavy (non-hydrogen) atoms. The van der Waals surface area contributed by atoms with E-state index in [4.69, 9.17) is 14.1 Å². The van der Waals surface area contributed by atoms with Crippen LogP contribution in [0.4, 0.5) is 5.82 Å². The van der Waals surface area contributed by atoms with E-state index in [1.54, 1.807) is 31.1 Å². The molecule has 8 nitrogen and oxygen atoms in total. The summed E-state index contributed by atoms with van der Waals surface area (Å²) < 4.78 is 10.6. The van der Waals surface area contributed by atoms with Crippen molar-refractivity contribution in [1.29, 1.82) is 0 Å². The second-order valence-electron chi connectivity index (χ2n) is 6.14. The van der Waals surface area contributed by atoms with Crippen LogP contribution in [0.25, 0.3) is 33.8 Å². The van der Waals surface area contributed by atoms with Gasteiger partial charge in [-0.15, -0.1) is 0 Å². The predicted octanol–water partition coefficient (Wildman–Crippen LogP) is 2.58. The summed E-state index contributed by atoms with van der Waals surface area (Å²) in [5.41, 5.74) is 3.74. The van der Waals surface area contributed by atoms with E-state index >= 15 is 0 Å². The molecule has 0 spiro atoms. The molecule has 4 aromatic heterocycles. The van der Waals surface area contributed by atoms with Gasteiger partial charge < -0.3 is 14.1 Å². The highest BCUT2D eigenvalue weighted by Gasteiger charge is 2.19. The zero-order valence-corrected chi connectivity index (χ0v) is 14.4. The maximum absolute atomic E-state index is 5.47. The standard InChI is InChI=1S/C19H16N6O2/c1-2-14-17(21-4-1)19(25-5-8-26-9-6-25)24-18(23-14)16-11-20-10-15(22-16)13-3-7-27-12-13/h1-4,7,10-12H,5-6,8-9H2. The molecule has 0 saturated carbocycles. The van der Waals surface area contributed by atoms with E-state index in [1.807, 2.05) is 18.2 Å². The van der Waals surface area contributed by atoms with Crippen molar-refractivity contribution < 1.29 is 9.15 Å². The molecule has 134 valence electrons. The van der Waals surface area contributed by atoms with Crippen molar-refractivity contribution in [3.8, 4) is 22.8 Å². The Morgan fingerprint density at radius 2 is 1.85 bits per heavy atom. The molecule has 0 aliphatic carbocycles. The second kappa shape index (κ2) is 6.73. The van der Waals surface area contributed by atoms with Gasteiger partial charge in [-0.05, 0) is 18.2 Å². The summed E-state index contributed by atoms with van der Waals surface area (Å²) in [7, 11) is 0. The number of pyridine rings is 1. The Kier molecular flexibility index (Phi) is 3.95. The van der Waals surface area contributed by atoms with Gasteiger partial charge in [0.25, 0.3) is 0 Å². The van der Waals surface area contributed by atoms with Crippen LogP contribution in [-0.4, -0.2) is 51.2 Å². The Labute approximate surface area is 154 Å². The Hall–Kier alpha value is -3.39. The van der Waals surface area contributed by atoms with Crippen molar-refractivity contribution in [3.05, 3.63) is 49.3 Å². The average Bonchev–Trinajstić information content (AvgIpc) is 3.29. The fraction of sp³-hybridized carbons (Fsp3) is 0.211. The van der Waals surface area contributed by atoms with Crippen LogP contribution in [0.1, 0.15) is 0 Å². The number of furan rings is 1. The first-order chi connectivity index (χ1) is 13.4. The summed E-state index contributed by atoms with van der Waals surface area (Å²) in [6, 6.07) is 5.65. The van der Waals surface area contributed by atoms with Crippen LogP contribution in [0.15, 0.2) is 53.7 Å². The smallest absolute Gasteiger partial charge is 0.182 e. The zero-order valence-electron chi connectivity index (χ0n) is 14.4. The van der Waals surface area contributed by atoms with Gasteiger partial charge in [0.05, 0.1) is 49.3 Å². The highest BCUT2D eigenvalue weighted by atomic mass is 16.5. The molecule has 0 amide bonds. The summed E-state index contributed by atoms with van der Waals surface area (Å²) in [5.74, 6) is 1.32. The summed E-state index contributed by atoms with van der Waals surface area (Å²) in [4.78, 5) is 25.1. The van der Waals surface area contributed by atoms with E-state index in [-0.39, 0.29) is 0 Å². The van der Waals surface area contributed by atoms with Crippen LogP contribution in [0.5, 0.6) is 0 Å². The van der Waals surface area contributed by atoms with Gasteiger partial charge in [0.2, 0.25) is 0 Å². The molecule has 5 rings (SSSR count). The first kappa shape index (κ1) is 15.8. The number of hydrogen-bond donors (Lipinski definition) is 0.